The average molecular weight is 732 g/mol. The van der Waals surface area contributed by atoms with Gasteiger partial charge in [-0.3, -0.25) is 0 Å². The van der Waals surface area contributed by atoms with Crippen LogP contribution in [0.2, 0.25) is 0 Å². The van der Waals surface area contributed by atoms with Crippen LogP contribution in [-0.2, 0) is 0 Å². The third-order valence-electron chi connectivity index (χ3n) is 10.5. The summed E-state index contributed by atoms with van der Waals surface area (Å²) in [5.74, 6) is 1.34. The first-order valence-corrected chi connectivity index (χ1v) is 19.2. The molecule has 0 saturated heterocycles. The van der Waals surface area contributed by atoms with Gasteiger partial charge in [0.25, 0.3) is 0 Å². The van der Waals surface area contributed by atoms with E-state index in [-0.39, 0.29) is 0 Å². The third-order valence-corrected chi connectivity index (χ3v) is 10.5. The fourth-order valence-electron chi connectivity index (χ4n) is 7.72. The Morgan fingerprint density at radius 2 is 0.737 bits per heavy atom. The maximum Gasteiger partial charge on any atom is 0.160 e. The number of benzene rings is 7. The molecule has 0 aliphatic carbocycles. The molecule has 0 fully saturated rings. The molecule has 57 heavy (non-hydrogen) atoms. The second-order valence-electron chi connectivity index (χ2n) is 14.5. The van der Waals surface area contributed by atoms with Crippen molar-refractivity contribution in [3.05, 3.63) is 199 Å². The Morgan fingerprint density at radius 3 is 1.21 bits per heavy atom. The Morgan fingerprint density at radius 1 is 0.333 bits per heavy atom. The normalized spacial score (nSPS) is 11.3. The number of hydrogen-bond donors (Lipinski definition) is 0. The van der Waals surface area contributed by atoms with Crippen molar-refractivity contribution in [1.82, 2.24) is 24.5 Å². The predicted octanol–water partition coefficient (Wildman–Crippen LogP) is 13.0. The van der Waals surface area contributed by atoms with E-state index in [0.717, 1.165) is 72.9 Å². The van der Waals surface area contributed by atoms with Gasteiger partial charge in [-0.05, 0) is 61.4 Å². The summed E-state index contributed by atoms with van der Waals surface area (Å²) in [6, 6.07) is 65.4. The van der Waals surface area contributed by atoms with Crippen molar-refractivity contribution >= 4 is 21.8 Å². The van der Waals surface area contributed by atoms with Crippen LogP contribution in [0.15, 0.2) is 188 Å². The zero-order chi connectivity index (χ0) is 38.3. The minimum Gasteiger partial charge on any atom is -0.309 e. The van der Waals surface area contributed by atoms with E-state index in [1.54, 1.807) is 0 Å². The van der Waals surface area contributed by atoms with Crippen LogP contribution < -0.4 is 0 Å². The molecule has 10 aromatic rings. The van der Waals surface area contributed by atoms with E-state index in [2.05, 4.69) is 146 Å². The summed E-state index contributed by atoms with van der Waals surface area (Å²) in [6.07, 6.45) is 0. The maximum atomic E-state index is 5.37. The van der Waals surface area contributed by atoms with Gasteiger partial charge in [-0.15, -0.1) is 0 Å². The van der Waals surface area contributed by atoms with Crippen LogP contribution in [0.1, 0.15) is 11.1 Å². The number of aromatic nitrogens is 5. The second-order valence-corrected chi connectivity index (χ2v) is 14.5. The molecular formula is C52H37N5. The Balaban J connectivity index is 1.28. The van der Waals surface area contributed by atoms with Crippen LogP contribution in [-0.4, -0.2) is 24.5 Å². The van der Waals surface area contributed by atoms with E-state index in [0.29, 0.717) is 11.6 Å². The van der Waals surface area contributed by atoms with Gasteiger partial charge in [-0.1, -0.05) is 152 Å². The molecule has 0 unspecified atom stereocenters. The summed E-state index contributed by atoms with van der Waals surface area (Å²) in [7, 11) is 0. The molecule has 0 N–H and O–H groups in total. The zero-order valence-electron chi connectivity index (χ0n) is 31.6. The molecule has 0 aliphatic rings. The van der Waals surface area contributed by atoms with Crippen molar-refractivity contribution in [2.75, 3.05) is 0 Å². The van der Waals surface area contributed by atoms with Crippen LogP contribution in [0.25, 0.3) is 95.3 Å². The van der Waals surface area contributed by atoms with Gasteiger partial charge in [-0.2, -0.15) is 0 Å². The summed E-state index contributed by atoms with van der Waals surface area (Å²) >= 11 is 0. The molecule has 5 nitrogen and oxygen atoms in total. The number of fused-ring (bicyclic) bond motifs is 3. The summed E-state index contributed by atoms with van der Waals surface area (Å²) < 4.78 is 2.40. The molecule has 0 spiro atoms. The lowest BCUT2D eigenvalue weighted by molar-refractivity contribution is 1.14. The maximum absolute atomic E-state index is 5.37. The van der Waals surface area contributed by atoms with Gasteiger partial charge in [0.1, 0.15) is 0 Å². The van der Waals surface area contributed by atoms with Gasteiger partial charge in [0.05, 0.1) is 39.5 Å². The van der Waals surface area contributed by atoms with Crippen LogP contribution in [0.5, 0.6) is 0 Å². The monoisotopic (exact) mass is 731 g/mol. The lowest BCUT2D eigenvalue weighted by Gasteiger charge is -2.17. The summed E-state index contributed by atoms with van der Waals surface area (Å²) in [4.78, 5) is 20.8. The molecular weight excluding hydrogens is 695 g/mol. The number of hydrogen-bond acceptors (Lipinski definition) is 4. The first kappa shape index (κ1) is 34.0. The van der Waals surface area contributed by atoms with Gasteiger partial charge in [-0.25, -0.2) is 19.9 Å². The van der Waals surface area contributed by atoms with Crippen molar-refractivity contribution in [3.8, 4) is 73.5 Å². The molecule has 5 heteroatoms. The number of aryl methyl sites for hydroxylation is 2. The van der Waals surface area contributed by atoms with Crippen molar-refractivity contribution in [3.63, 3.8) is 0 Å². The Labute approximate surface area is 331 Å². The van der Waals surface area contributed by atoms with E-state index in [9.17, 15) is 0 Å². The van der Waals surface area contributed by atoms with Gasteiger partial charge < -0.3 is 4.57 Å². The molecule has 0 radical (unpaired) electrons. The van der Waals surface area contributed by atoms with E-state index >= 15 is 0 Å². The van der Waals surface area contributed by atoms with E-state index in [1.165, 1.54) is 21.9 Å². The highest BCUT2D eigenvalue weighted by molar-refractivity contribution is 6.10. The molecule has 0 aliphatic heterocycles. The minimum atomic E-state index is 0.664. The summed E-state index contributed by atoms with van der Waals surface area (Å²) in [5, 5.41) is 2.41. The quantitative estimate of drug-likeness (QED) is 0.164. The second kappa shape index (κ2) is 14.3. The van der Waals surface area contributed by atoms with Crippen LogP contribution >= 0.6 is 0 Å². The van der Waals surface area contributed by atoms with Crippen molar-refractivity contribution < 1.29 is 0 Å². The fourth-order valence-corrected chi connectivity index (χ4v) is 7.72. The molecule has 0 atom stereocenters. The smallest absolute Gasteiger partial charge is 0.160 e. The molecule has 7 aromatic carbocycles. The lowest BCUT2D eigenvalue weighted by Crippen LogP contribution is -2.02. The molecule has 0 amide bonds. The molecule has 0 bridgehead atoms. The van der Waals surface area contributed by atoms with Gasteiger partial charge >= 0.3 is 0 Å². The highest BCUT2D eigenvalue weighted by Gasteiger charge is 2.21. The average Bonchev–Trinajstić information content (AvgIpc) is 3.59. The first-order valence-electron chi connectivity index (χ1n) is 19.2. The van der Waals surface area contributed by atoms with Crippen LogP contribution in [0.4, 0.5) is 0 Å². The highest BCUT2D eigenvalue weighted by atomic mass is 15.0. The summed E-state index contributed by atoms with van der Waals surface area (Å²) in [6.45, 7) is 4.31. The van der Waals surface area contributed by atoms with Crippen LogP contribution in [0, 0.1) is 13.8 Å². The first-order chi connectivity index (χ1) is 28.1. The Bertz CT molecular complexity index is 2890. The third kappa shape index (κ3) is 6.45. The predicted molar refractivity (Wildman–Crippen MR) is 234 cm³/mol. The van der Waals surface area contributed by atoms with Gasteiger partial charge in [0, 0.05) is 44.2 Å². The molecule has 0 saturated carbocycles. The number of rotatable bonds is 7. The zero-order valence-corrected chi connectivity index (χ0v) is 31.6. The summed E-state index contributed by atoms with van der Waals surface area (Å²) in [5.41, 5.74) is 14.9. The van der Waals surface area contributed by atoms with Gasteiger partial charge in [0.2, 0.25) is 0 Å². The van der Waals surface area contributed by atoms with Crippen molar-refractivity contribution in [2.24, 2.45) is 0 Å². The Kier molecular flexibility index (Phi) is 8.53. The van der Waals surface area contributed by atoms with E-state index in [4.69, 9.17) is 19.9 Å². The van der Waals surface area contributed by atoms with E-state index < -0.39 is 0 Å². The number of nitrogens with zero attached hydrogens (tertiary/aromatic N) is 5. The molecule has 270 valence electrons. The lowest BCUT2D eigenvalue weighted by atomic mass is 9.99. The largest absolute Gasteiger partial charge is 0.309 e. The topological polar surface area (TPSA) is 56.5 Å². The van der Waals surface area contributed by atoms with Crippen molar-refractivity contribution in [2.45, 2.75) is 13.8 Å². The highest BCUT2D eigenvalue weighted by Crippen LogP contribution is 2.40. The standard InChI is InChI=1S/C52H37N5/c1-34-23-26-41-42-27-24-35(2)30-50(42)57(49(41)29-34)48-28-25-40(46-32-44(36-15-7-3-8-16-36)53-51(55-46)38-19-11-5-12-20-38)31-43(48)47-33-45(37-17-9-4-10-18-37)54-52(56-47)39-21-13-6-14-22-39/h3-33H,1-2H3. The van der Waals surface area contributed by atoms with Crippen LogP contribution in [0.3, 0.4) is 0 Å². The molecule has 3 aromatic heterocycles. The molecule has 10 rings (SSSR count). The van der Waals surface area contributed by atoms with E-state index in [1.807, 2.05) is 60.7 Å². The fraction of sp³-hybridized carbons (Fsp3) is 0.0385. The minimum absolute atomic E-state index is 0.664. The molecule has 3 heterocycles. The Hall–Kier alpha value is -7.50. The van der Waals surface area contributed by atoms with Crippen molar-refractivity contribution in [1.29, 1.82) is 0 Å². The van der Waals surface area contributed by atoms with Gasteiger partial charge in [0.15, 0.2) is 11.6 Å². The SMILES string of the molecule is Cc1ccc2c3ccc(C)cc3n(-c3ccc(-c4cc(-c5ccccc5)nc(-c5ccccc5)n4)cc3-c3cc(-c4ccccc4)nc(-c4ccccc4)n3)c2c1.